The van der Waals surface area contributed by atoms with Gasteiger partial charge in [0.15, 0.2) is 0 Å². The molecule has 0 bridgehead atoms. The summed E-state index contributed by atoms with van der Waals surface area (Å²) >= 11 is 3.41. The fourth-order valence-corrected chi connectivity index (χ4v) is 2.36. The smallest absolute Gasteiger partial charge is 0.135 e. The van der Waals surface area contributed by atoms with Crippen molar-refractivity contribution < 1.29 is 8.81 Å². The van der Waals surface area contributed by atoms with Gasteiger partial charge in [0.1, 0.15) is 17.3 Å². The van der Waals surface area contributed by atoms with E-state index in [1.807, 2.05) is 19.2 Å². The Labute approximate surface area is 114 Å². The van der Waals surface area contributed by atoms with Gasteiger partial charge in [-0.2, -0.15) is 0 Å². The lowest BCUT2D eigenvalue weighted by Crippen LogP contribution is -2.14. The lowest BCUT2D eigenvalue weighted by molar-refractivity contribution is 0.431. The molecular formula is C14H15BrFNO. The van der Waals surface area contributed by atoms with Crippen LogP contribution in [0.5, 0.6) is 0 Å². The lowest BCUT2D eigenvalue weighted by Gasteiger charge is -2.10. The maximum atomic E-state index is 13.3. The van der Waals surface area contributed by atoms with Gasteiger partial charge in [-0.1, -0.05) is 22.9 Å². The molecule has 0 radical (unpaired) electrons. The molecule has 2 aromatic rings. The molecule has 1 heterocycles. The number of hydrogen-bond donors (Lipinski definition) is 1. The van der Waals surface area contributed by atoms with Crippen LogP contribution in [-0.4, -0.2) is 7.05 Å². The number of benzene rings is 1. The molecule has 1 atom stereocenters. The minimum absolute atomic E-state index is 0.186. The van der Waals surface area contributed by atoms with Crippen LogP contribution in [0.15, 0.2) is 39.2 Å². The molecule has 0 spiro atoms. The van der Waals surface area contributed by atoms with Crippen LogP contribution >= 0.6 is 15.9 Å². The van der Waals surface area contributed by atoms with Crippen LogP contribution in [0, 0.1) is 5.82 Å². The average molecular weight is 312 g/mol. The molecular weight excluding hydrogens is 297 g/mol. The summed E-state index contributed by atoms with van der Waals surface area (Å²) in [6.07, 6.45) is 0.938. The van der Waals surface area contributed by atoms with Gasteiger partial charge in [-0.05, 0) is 43.8 Å². The highest BCUT2D eigenvalue weighted by Crippen LogP contribution is 2.32. The zero-order valence-corrected chi connectivity index (χ0v) is 11.9. The Balaban J connectivity index is 2.37. The number of nitrogens with one attached hydrogen (secondary N) is 1. The van der Waals surface area contributed by atoms with E-state index in [1.165, 1.54) is 12.1 Å². The minimum atomic E-state index is -0.271. The molecule has 96 valence electrons. The van der Waals surface area contributed by atoms with Crippen molar-refractivity contribution in [2.75, 3.05) is 7.05 Å². The SMILES string of the molecule is CCC(NC)c1ccc(-c2cc(F)ccc2Br)o1. The molecule has 0 aliphatic carbocycles. The van der Waals surface area contributed by atoms with Crippen molar-refractivity contribution >= 4 is 15.9 Å². The number of rotatable bonds is 4. The topological polar surface area (TPSA) is 25.2 Å². The first-order chi connectivity index (χ1) is 8.65. The third-order valence-corrected chi connectivity index (χ3v) is 3.61. The molecule has 0 saturated carbocycles. The molecule has 0 amide bonds. The van der Waals surface area contributed by atoms with Crippen LogP contribution in [0.3, 0.4) is 0 Å². The molecule has 0 fully saturated rings. The largest absolute Gasteiger partial charge is 0.459 e. The molecule has 0 saturated heterocycles. The Morgan fingerprint density at radius 1 is 1.33 bits per heavy atom. The van der Waals surface area contributed by atoms with Gasteiger partial charge in [-0.3, -0.25) is 0 Å². The molecule has 2 rings (SSSR count). The first-order valence-electron chi connectivity index (χ1n) is 5.88. The summed E-state index contributed by atoms with van der Waals surface area (Å²) in [6.45, 7) is 2.08. The van der Waals surface area contributed by atoms with Gasteiger partial charge in [0, 0.05) is 10.0 Å². The van der Waals surface area contributed by atoms with Crippen molar-refractivity contribution in [3.05, 3.63) is 46.4 Å². The third kappa shape index (κ3) is 2.65. The predicted octanol–water partition coefficient (Wildman–Crippen LogP) is 4.52. The van der Waals surface area contributed by atoms with Crippen LogP contribution in [0.25, 0.3) is 11.3 Å². The van der Waals surface area contributed by atoms with Gasteiger partial charge in [0.25, 0.3) is 0 Å². The average Bonchev–Trinajstić information content (AvgIpc) is 2.83. The Bertz CT molecular complexity index is 534. The predicted molar refractivity (Wildman–Crippen MR) is 73.9 cm³/mol. The highest BCUT2D eigenvalue weighted by atomic mass is 79.9. The Kier molecular flexibility index (Phi) is 4.19. The van der Waals surface area contributed by atoms with Gasteiger partial charge in [-0.15, -0.1) is 0 Å². The summed E-state index contributed by atoms with van der Waals surface area (Å²) in [6, 6.07) is 8.55. The van der Waals surface area contributed by atoms with E-state index in [0.717, 1.165) is 22.2 Å². The van der Waals surface area contributed by atoms with E-state index in [0.29, 0.717) is 5.76 Å². The van der Waals surface area contributed by atoms with Gasteiger partial charge in [0.2, 0.25) is 0 Å². The minimum Gasteiger partial charge on any atom is -0.459 e. The van der Waals surface area contributed by atoms with E-state index in [4.69, 9.17) is 4.42 Å². The quantitative estimate of drug-likeness (QED) is 0.898. The Morgan fingerprint density at radius 3 is 2.78 bits per heavy atom. The van der Waals surface area contributed by atoms with Crippen molar-refractivity contribution in [1.29, 1.82) is 0 Å². The first-order valence-corrected chi connectivity index (χ1v) is 6.67. The van der Waals surface area contributed by atoms with Crippen LogP contribution in [0.2, 0.25) is 0 Å². The van der Waals surface area contributed by atoms with Gasteiger partial charge in [-0.25, -0.2) is 4.39 Å². The van der Waals surface area contributed by atoms with Crippen LogP contribution < -0.4 is 5.32 Å². The zero-order chi connectivity index (χ0) is 13.1. The summed E-state index contributed by atoms with van der Waals surface area (Å²) in [5.41, 5.74) is 0.729. The molecule has 4 heteroatoms. The number of hydrogen-bond acceptors (Lipinski definition) is 2. The van der Waals surface area contributed by atoms with Gasteiger partial charge < -0.3 is 9.73 Å². The second kappa shape index (κ2) is 5.67. The summed E-state index contributed by atoms with van der Waals surface area (Å²) < 4.78 is 19.9. The summed E-state index contributed by atoms with van der Waals surface area (Å²) in [7, 11) is 1.90. The van der Waals surface area contributed by atoms with Crippen molar-refractivity contribution in [3.8, 4) is 11.3 Å². The third-order valence-electron chi connectivity index (χ3n) is 2.92. The Morgan fingerprint density at radius 2 is 2.11 bits per heavy atom. The summed E-state index contributed by atoms with van der Waals surface area (Å²) in [5.74, 6) is 1.27. The monoisotopic (exact) mass is 311 g/mol. The first kappa shape index (κ1) is 13.3. The maximum absolute atomic E-state index is 13.3. The van der Waals surface area contributed by atoms with Crippen LogP contribution in [0.4, 0.5) is 4.39 Å². The normalized spacial score (nSPS) is 12.7. The van der Waals surface area contributed by atoms with Crippen molar-refractivity contribution in [2.45, 2.75) is 19.4 Å². The Hall–Kier alpha value is -1.13. The maximum Gasteiger partial charge on any atom is 0.135 e. The second-order valence-electron chi connectivity index (χ2n) is 4.08. The highest BCUT2D eigenvalue weighted by Gasteiger charge is 2.14. The highest BCUT2D eigenvalue weighted by molar-refractivity contribution is 9.10. The van der Waals surface area contributed by atoms with Crippen molar-refractivity contribution in [1.82, 2.24) is 5.32 Å². The fraction of sp³-hybridized carbons (Fsp3) is 0.286. The van der Waals surface area contributed by atoms with E-state index in [9.17, 15) is 4.39 Å². The lowest BCUT2D eigenvalue weighted by atomic mass is 10.1. The zero-order valence-electron chi connectivity index (χ0n) is 10.3. The molecule has 1 aromatic carbocycles. The molecule has 0 aliphatic rings. The van der Waals surface area contributed by atoms with E-state index in [-0.39, 0.29) is 11.9 Å². The molecule has 1 unspecified atom stereocenters. The van der Waals surface area contributed by atoms with Crippen LogP contribution in [-0.2, 0) is 0 Å². The number of furan rings is 1. The van der Waals surface area contributed by atoms with Crippen LogP contribution in [0.1, 0.15) is 25.1 Å². The summed E-state index contributed by atoms with van der Waals surface area (Å²) in [4.78, 5) is 0. The standard InChI is InChI=1S/C14H15BrFNO/c1-3-12(17-2)14-7-6-13(18-14)10-8-9(16)4-5-11(10)15/h4-8,12,17H,3H2,1-2H3. The van der Waals surface area contributed by atoms with E-state index >= 15 is 0 Å². The molecule has 0 aliphatic heterocycles. The van der Waals surface area contributed by atoms with Gasteiger partial charge in [0.05, 0.1) is 6.04 Å². The van der Waals surface area contributed by atoms with Gasteiger partial charge >= 0.3 is 0 Å². The number of halogens is 2. The fourth-order valence-electron chi connectivity index (χ4n) is 1.92. The van der Waals surface area contributed by atoms with E-state index < -0.39 is 0 Å². The summed E-state index contributed by atoms with van der Waals surface area (Å²) in [5, 5.41) is 3.18. The van der Waals surface area contributed by atoms with Crippen molar-refractivity contribution in [2.24, 2.45) is 0 Å². The second-order valence-corrected chi connectivity index (χ2v) is 4.93. The van der Waals surface area contributed by atoms with E-state index in [1.54, 1.807) is 6.07 Å². The van der Waals surface area contributed by atoms with E-state index in [2.05, 4.69) is 28.2 Å². The van der Waals surface area contributed by atoms with Crippen molar-refractivity contribution in [3.63, 3.8) is 0 Å². The molecule has 1 aromatic heterocycles. The molecule has 2 nitrogen and oxygen atoms in total. The molecule has 18 heavy (non-hydrogen) atoms. The molecule has 1 N–H and O–H groups in total.